The van der Waals surface area contributed by atoms with E-state index in [0.29, 0.717) is 24.7 Å². The highest BCUT2D eigenvalue weighted by atomic mass is 16.2. The molecular formula is C30H35N3O2. The van der Waals surface area contributed by atoms with Crippen LogP contribution in [0.2, 0.25) is 0 Å². The summed E-state index contributed by atoms with van der Waals surface area (Å²) in [5.41, 5.74) is 3.82. The zero-order chi connectivity index (χ0) is 24.6. The SMILES string of the molecule is Cc1cccc(CN2C(=O)c3ccc(-c4ccccc4)n3C[C@]2(C)C(=O)NC2CCC(C)CC2)c1. The predicted molar refractivity (Wildman–Crippen MR) is 139 cm³/mol. The second-order valence-corrected chi connectivity index (χ2v) is 10.6. The van der Waals surface area contributed by atoms with Crippen molar-refractivity contribution >= 4 is 11.8 Å². The molecule has 1 fully saturated rings. The van der Waals surface area contributed by atoms with Gasteiger partial charge in [0.1, 0.15) is 11.2 Å². The van der Waals surface area contributed by atoms with Crippen LogP contribution in [0.3, 0.4) is 0 Å². The molecule has 1 aromatic heterocycles. The van der Waals surface area contributed by atoms with Crippen LogP contribution in [-0.4, -0.2) is 32.9 Å². The largest absolute Gasteiger partial charge is 0.351 e. The number of hydrogen-bond donors (Lipinski definition) is 1. The second-order valence-electron chi connectivity index (χ2n) is 10.6. The number of fused-ring (bicyclic) bond motifs is 1. The van der Waals surface area contributed by atoms with Crippen molar-refractivity contribution in [1.82, 2.24) is 14.8 Å². The summed E-state index contributed by atoms with van der Waals surface area (Å²) < 4.78 is 2.03. The van der Waals surface area contributed by atoms with Crippen LogP contribution in [0.15, 0.2) is 66.7 Å². The fourth-order valence-electron chi connectivity index (χ4n) is 5.62. The molecule has 0 saturated heterocycles. The van der Waals surface area contributed by atoms with E-state index in [1.54, 1.807) is 4.90 Å². The first kappa shape index (κ1) is 23.4. The summed E-state index contributed by atoms with van der Waals surface area (Å²) in [4.78, 5) is 29.7. The van der Waals surface area contributed by atoms with Gasteiger partial charge in [0.2, 0.25) is 5.91 Å². The topological polar surface area (TPSA) is 54.3 Å². The van der Waals surface area contributed by atoms with Gasteiger partial charge in [-0.1, -0.05) is 67.1 Å². The van der Waals surface area contributed by atoms with Crippen molar-refractivity contribution < 1.29 is 9.59 Å². The summed E-state index contributed by atoms with van der Waals surface area (Å²) >= 11 is 0. The molecule has 182 valence electrons. The Balaban J connectivity index is 1.52. The Labute approximate surface area is 208 Å². The Hall–Kier alpha value is -3.34. The number of hydrogen-bond acceptors (Lipinski definition) is 2. The maximum atomic E-state index is 13.9. The number of nitrogens with zero attached hydrogens (tertiary/aromatic N) is 2. The Bertz CT molecular complexity index is 1220. The number of aryl methyl sites for hydroxylation is 1. The van der Waals surface area contributed by atoms with Gasteiger partial charge >= 0.3 is 0 Å². The molecule has 1 atom stereocenters. The van der Waals surface area contributed by atoms with Crippen molar-refractivity contribution in [3.63, 3.8) is 0 Å². The Morgan fingerprint density at radius 1 is 0.971 bits per heavy atom. The van der Waals surface area contributed by atoms with Gasteiger partial charge in [0.25, 0.3) is 5.91 Å². The van der Waals surface area contributed by atoms with Gasteiger partial charge in [-0.2, -0.15) is 0 Å². The van der Waals surface area contributed by atoms with Gasteiger partial charge in [-0.25, -0.2) is 0 Å². The fraction of sp³-hybridized carbons (Fsp3) is 0.400. The second kappa shape index (κ2) is 9.37. The van der Waals surface area contributed by atoms with Crippen LogP contribution < -0.4 is 5.32 Å². The van der Waals surface area contributed by atoms with Crippen molar-refractivity contribution in [2.24, 2.45) is 5.92 Å². The molecule has 1 N–H and O–H groups in total. The normalized spacial score (nSPS) is 24.2. The van der Waals surface area contributed by atoms with E-state index in [9.17, 15) is 9.59 Å². The van der Waals surface area contributed by atoms with E-state index in [1.807, 2.05) is 66.1 Å². The highest BCUT2D eigenvalue weighted by Gasteiger charge is 2.48. The van der Waals surface area contributed by atoms with E-state index < -0.39 is 5.54 Å². The first-order valence-electron chi connectivity index (χ1n) is 12.8. The fourth-order valence-corrected chi connectivity index (χ4v) is 5.62. The van der Waals surface area contributed by atoms with Gasteiger partial charge in [-0.3, -0.25) is 9.59 Å². The minimum absolute atomic E-state index is 0.0589. The molecule has 0 bridgehead atoms. The van der Waals surface area contributed by atoms with Crippen LogP contribution in [-0.2, 0) is 17.9 Å². The predicted octanol–water partition coefficient (Wildman–Crippen LogP) is 5.57. The summed E-state index contributed by atoms with van der Waals surface area (Å²) in [6.07, 6.45) is 4.26. The molecule has 5 heteroatoms. The molecule has 0 spiro atoms. The molecule has 5 rings (SSSR count). The van der Waals surface area contributed by atoms with Crippen LogP contribution >= 0.6 is 0 Å². The highest BCUT2D eigenvalue weighted by molar-refractivity contribution is 6.00. The average Bonchev–Trinajstić information content (AvgIpc) is 3.27. The molecular weight excluding hydrogens is 434 g/mol. The molecule has 3 aromatic rings. The van der Waals surface area contributed by atoms with Gasteiger partial charge in [-0.15, -0.1) is 0 Å². The van der Waals surface area contributed by atoms with Gasteiger partial charge in [0.05, 0.1) is 6.54 Å². The van der Waals surface area contributed by atoms with Crippen LogP contribution in [0.4, 0.5) is 0 Å². The molecule has 0 unspecified atom stereocenters. The lowest BCUT2D eigenvalue weighted by Gasteiger charge is -2.45. The molecule has 2 aromatic carbocycles. The van der Waals surface area contributed by atoms with Crippen molar-refractivity contribution in [3.8, 4) is 11.3 Å². The molecule has 1 saturated carbocycles. The summed E-state index contributed by atoms with van der Waals surface area (Å²) in [5.74, 6) is 0.551. The average molecular weight is 470 g/mol. The quantitative estimate of drug-likeness (QED) is 0.531. The number of amides is 2. The number of aromatic nitrogens is 1. The minimum atomic E-state index is -1.00. The summed E-state index contributed by atoms with van der Waals surface area (Å²) in [6.45, 7) is 7.08. The van der Waals surface area contributed by atoms with E-state index in [1.165, 1.54) is 0 Å². The molecule has 2 aliphatic rings. The third-order valence-electron chi connectivity index (χ3n) is 7.84. The lowest BCUT2D eigenvalue weighted by molar-refractivity contribution is -0.134. The molecule has 5 nitrogen and oxygen atoms in total. The minimum Gasteiger partial charge on any atom is -0.351 e. The van der Waals surface area contributed by atoms with Crippen molar-refractivity contribution in [2.45, 2.75) is 71.1 Å². The zero-order valence-electron chi connectivity index (χ0n) is 21.0. The van der Waals surface area contributed by atoms with Gasteiger partial charge in [-0.05, 0) is 68.7 Å². The summed E-state index contributed by atoms with van der Waals surface area (Å²) in [6, 6.07) is 22.3. The monoisotopic (exact) mass is 469 g/mol. The van der Waals surface area contributed by atoms with Crippen LogP contribution in [0, 0.1) is 12.8 Å². The Morgan fingerprint density at radius 2 is 1.69 bits per heavy atom. The smallest absolute Gasteiger partial charge is 0.271 e. The van der Waals surface area contributed by atoms with Crippen molar-refractivity contribution in [2.75, 3.05) is 0 Å². The number of carbonyl (C=O) groups excluding carboxylic acids is 2. The van der Waals surface area contributed by atoms with Crippen LogP contribution in [0.1, 0.15) is 61.1 Å². The van der Waals surface area contributed by atoms with E-state index >= 15 is 0 Å². The number of nitrogens with one attached hydrogen (secondary N) is 1. The van der Waals surface area contributed by atoms with Crippen molar-refractivity contribution in [1.29, 1.82) is 0 Å². The summed E-state index contributed by atoms with van der Waals surface area (Å²) in [7, 11) is 0. The third-order valence-corrected chi connectivity index (χ3v) is 7.84. The van der Waals surface area contributed by atoms with Gasteiger partial charge < -0.3 is 14.8 Å². The Kier molecular flexibility index (Phi) is 6.26. The first-order valence-corrected chi connectivity index (χ1v) is 12.8. The lowest BCUT2D eigenvalue weighted by atomic mass is 9.86. The van der Waals surface area contributed by atoms with Gasteiger partial charge in [0.15, 0.2) is 0 Å². The maximum absolute atomic E-state index is 13.9. The molecule has 2 amide bonds. The first-order chi connectivity index (χ1) is 16.8. The van der Waals surface area contributed by atoms with Crippen LogP contribution in [0.5, 0.6) is 0 Å². The van der Waals surface area contributed by atoms with E-state index in [0.717, 1.165) is 48.1 Å². The molecule has 2 heterocycles. The Morgan fingerprint density at radius 3 is 2.40 bits per heavy atom. The highest BCUT2D eigenvalue weighted by Crippen LogP contribution is 2.35. The molecule has 0 radical (unpaired) electrons. The molecule has 35 heavy (non-hydrogen) atoms. The zero-order valence-corrected chi connectivity index (χ0v) is 21.0. The third kappa shape index (κ3) is 4.52. The maximum Gasteiger partial charge on any atom is 0.271 e. The number of carbonyl (C=O) groups is 2. The summed E-state index contributed by atoms with van der Waals surface area (Å²) in [5, 5.41) is 3.33. The lowest BCUT2D eigenvalue weighted by Crippen LogP contribution is -2.64. The van der Waals surface area contributed by atoms with E-state index in [2.05, 4.69) is 31.3 Å². The number of rotatable bonds is 5. The van der Waals surface area contributed by atoms with Crippen LogP contribution in [0.25, 0.3) is 11.3 Å². The van der Waals surface area contributed by atoms with E-state index in [4.69, 9.17) is 0 Å². The van der Waals surface area contributed by atoms with Crippen molar-refractivity contribution in [3.05, 3.63) is 83.6 Å². The molecule has 1 aliphatic heterocycles. The number of benzene rings is 2. The van der Waals surface area contributed by atoms with E-state index in [-0.39, 0.29) is 17.9 Å². The van der Waals surface area contributed by atoms with Gasteiger partial charge in [0, 0.05) is 18.3 Å². The molecule has 1 aliphatic carbocycles. The standard InChI is InChI=1S/C30H35N3O2/c1-21-12-14-25(15-13-21)31-29(35)30(3)20-32-26(24-10-5-4-6-11-24)16-17-27(32)28(34)33(30)19-23-9-7-8-22(2)18-23/h4-11,16-18,21,25H,12-15,19-20H2,1-3H3,(H,31,35)/t21?,25?,30-/m1/s1.